The molecule has 0 bridgehead atoms. The second-order valence-corrected chi connectivity index (χ2v) is 14.7. The molecule has 2 aliphatic carbocycles. The molecule has 0 aliphatic heterocycles. The summed E-state index contributed by atoms with van der Waals surface area (Å²) < 4.78 is 9.12. The Hall–Kier alpha value is -6.59. The standard InChI is InChI=1S/C48H34N4O/c1-48(2)39-22-11-9-18-32(39)36-27-37-33-19-10-12-23-41(33)52(42(37)28-40(36)48)31-24-25-43-38(26-31)34-20-13-21-35(44(34)53-43)47-50-45(29-14-5-3-6-15-29)49-46(51-47)30-16-7-4-8-17-30/h3,5-7,9-28H,4,8H2,1-2H3. The Morgan fingerprint density at radius 3 is 2.23 bits per heavy atom. The lowest BCUT2D eigenvalue weighted by molar-refractivity contribution is 0.661. The van der Waals surface area contributed by atoms with Gasteiger partial charge in [0, 0.05) is 43.8 Å². The molecule has 3 heterocycles. The number of allylic oxidation sites excluding steroid dienone is 4. The molecule has 53 heavy (non-hydrogen) atoms. The summed E-state index contributed by atoms with van der Waals surface area (Å²) in [4.78, 5) is 15.0. The SMILES string of the molecule is CC1(C)c2ccccc2-c2cc3c4ccccc4n(-c4ccc5oc6c(-c7nc(C8=CCCC=C8)nc(-c8ccccc8)n7)cccc6c5c4)c3cc21. The lowest BCUT2D eigenvalue weighted by atomic mass is 9.82. The molecule has 0 saturated carbocycles. The highest BCUT2D eigenvalue weighted by atomic mass is 16.3. The fourth-order valence-corrected chi connectivity index (χ4v) is 8.66. The molecule has 0 unspecified atom stereocenters. The van der Waals surface area contributed by atoms with Crippen LogP contribution in [-0.2, 0) is 5.41 Å². The van der Waals surface area contributed by atoms with E-state index in [9.17, 15) is 0 Å². The van der Waals surface area contributed by atoms with E-state index in [0.717, 1.165) is 57.2 Å². The molecule has 0 saturated heterocycles. The van der Waals surface area contributed by atoms with Gasteiger partial charge in [0.2, 0.25) is 0 Å². The Balaban J connectivity index is 1.11. The first-order valence-electron chi connectivity index (χ1n) is 18.4. The smallest absolute Gasteiger partial charge is 0.167 e. The van der Waals surface area contributed by atoms with Crippen molar-refractivity contribution in [3.8, 4) is 39.6 Å². The van der Waals surface area contributed by atoms with E-state index < -0.39 is 0 Å². The summed E-state index contributed by atoms with van der Waals surface area (Å²) in [5.74, 6) is 1.91. The number of nitrogens with zero attached hydrogens (tertiary/aromatic N) is 4. The van der Waals surface area contributed by atoms with E-state index in [1.54, 1.807) is 0 Å². The van der Waals surface area contributed by atoms with Gasteiger partial charge in [0.05, 0.1) is 16.6 Å². The average molecular weight is 683 g/mol. The lowest BCUT2D eigenvalue weighted by Crippen LogP contribution is -2.14. The number of hydrogen-bond donors (Lipinski definition) is 0. The van der Waals surface area contributed by atoms with Crippen LogP contribution in [0.5, 0.6) is 0 Å². The molecule has 0 radical (unpaired) electrons. The van der Waals surface area contributed by atoms with Crippen LogP contribution in [-0.4, -0.2) is 19.5 Å². The van der Waals surface area contributed by atoms with Crippen LogP contribution in [0.4, 0.5) is 0 Å². The van der Waals surface area contributed by atoms with Crippen LogP contribution in [0.25, 0.3) is 88.9 Å². The number of rotatable bonds is 4. The second-order valence-electron chi connectivity index (χ2n) is 14.7. The topological polar surface area (TPSA) is 56.7 Å². The normalized spacial score (nSPS) is 14.6. The number of benzene rings is 6. The molecular weight excluding hydrogens is 649 g/mol. The fraction of sp³-hybridized carbons (Fsp3) is 0.104. The first kappa shape index (κ1) is 30.1. The molecule has 0 atom stereocenters. The van der Waals surface area contributed by atoms with Crippen LogP contribution in [0, 0.1) is 0 Å². The molecule has 2 aliphatic rings. The summed E-state index contributed by atoms with van der Waals surface area (Å²) in [5, 5.41) is 4.58. The molecule has 6 aromatic carbocycles. The number of hydrogen-bond acceptors (Lipinski definition) is 4. The van der Waals surface area contributed by atoms with Crippen molar-refractivity contribution in [2.24, 2.45) is 0 Å². The van der Waals surface area contributed by atoms with Crippen LogP contribution in [0.3, 0.4) is 0 Å². The van der Waals surface area contributed by atoms with Gasteiger partial charge < -0.3 is 8.98 Å². The van der Waals surface area contributed by atoms with Crippen LogP contribution >= 0.6 is 0 Å². The Labute approximate surface area is 306 Å². The first-order chi connectivity index (χ1) is 26.0. The maximum atomic E-state index is 6.70. The van der Waals surface area contributed by atoms with Gasteiger partial charge in [0.1, 0.15) is 11.2 Å². The highest BCUT2D eigenvalue weighted by molar-refractivity contribution is 6.13. The predicted octanol–water partition coefficient (Wildman–Crippen LogP) is 12.2. The van der Waals surface area contributed by atoms with Crippen molar-refractivity contribution in [3.05, 3.63) is 163 Å². The zero-order valence-corrected chi connectivity index (χ0v) is 29.5. The minimum absolute atomic E-state index is 0.0956. The number of furan rings is 1. The van der Waals surface area contributed by atoms with Gasteiger partial charge in [0.15, 0.2) is 17.5 Å². The van der Waals surface area contributed by atoms with Gasteiger partial charge in [-0.3, -0.25) is 0 Å². The maximum Gasteiger partial charge on any atom is 0.167 e. The molecule has 0 N–H and O–H groups in total. The Morgan fingerprint density at radius 1 is 0.566 bits per heavy atom. The van der Waals surface area contributed by atoms with Gasteiger partial charge in [-0.2, -0.15) is 0 Å². The van der Waals surface area contributed by atoms with Crippen LogP contribution < -0.4 is 0 Å². The summed E-state index contributed by atoms with van der Waals surface area (Å²) >= 11 is 0. The number of aromatic nitrogens is 4. The highest BCUT2D eigenvalue weighted by Gasteiger charge is 2.36. The van der Waals surface area contributed by atoms with Crippen molar-refractivity contribution in [1.29, 1.82) is 0 Å². The van der Waals surface area contributed by atoms with E-state index in [-0.39, 0.29) is 5.41 Å². The van der Waals surface area contributed by atoms with E-state index in [1.165, 1.54) is 44.1 Å². The van der Waals surface area contributed by atoms with Crippen molar-refractivity contribution in [3.63, 3.8) is 0 Å². The minimum Gasteiger partial charge on any atom is -0.455 e. The van der Waals surface area contributed by atoms with E-state index in [4.69, 9.17) is 19.4 Å². The molecule has 0 spiro atoms. The van der Waals surface area contributed by atoms with E-state index in [0.29, 0.717) is 17.5 Å². The molecule has 5 heteroatoms. The lowest BCUT2D eigenvalue weighted by Gasteiger charge is -2.21. The summed E-state index contributed by atoms with van der Waals surface area (Å²) in [5.41, 5.74) is 13.2. The first-order valence-corrected chi connectivity index (χ1v) is 18.4. The van der Waals surface area contributed by atoms with E-state index in [2.05, 4.69) is 134 Å². The van der Waals surface area contributed by atoms with Crippen molar-refractivity contribution >= 4 is 49.3 Å². The van der Waals surface area contributed by atoms with Crippen molar-refractivity contribution < 1.29 is 4.42 Å². The largest absolute Gasteiger partial charge is 0.455 e. The predicted molar refractivity (Wildman–Crippen MR) is 216 cm³/mol. The van der Waals surface area contributed by atoms with Crippen LogP contribution in [0.2, 0.25) is 0 Å². The van der Waals surface area contributed by atoms with Crippen LogP contribution in [0.1, 0.15) is 43.6 Å². The average Bonchev–Trinajstić information content (AvgIpc) is 3.82. The summed E-state index contributed by atoms with van der Waals surface area (Å²) in [6, 6.07) is 45.4. The van der Waals surface area contributed by atoms with E-state index >= 15 is 0 Å². The van der Waals surface area contributed by atoms with Gasteiger partial charge in [-0.15, -0.1) is 0 Å². The molecular formula is C48H34N4O. The van der Waals surface area contributed by atoms with Crippen LogP contribution in [0.15, 0.2) is 150 Å². The minimum atomic E-state index is -0.0956. The molecule has 5 nitrogen and oxygen atoms in total. The van der Waals surface area contributed by atoms with Crippen molar-refractivity contribution in [2.75, 3.05) is 0 Å². The molecule has 252 valence electrons. The van der Waals surface area contributed by atoms with Gasteiger partial charge in [-0.25, -0.2) is 15.0 Å². The quantitative estimate of drug-likeness (QED) is 0.185. The van der Waals surface area contributed by atoms with Gasteiger partial charge in [-0.1, -0.05) is 117 Å². The Kier molecular flexibility index (Phi) is 6.36. The Morgan fingerprint density at radius 2 is 1.34 bits per heavy atom. The van der Waals surface area contributed by atoms with Gasteiger partial charge >= 0.3 is 0 Å². The molecule has 11 rings (SSSR count). The molecule has 0 fully saturated rings. The summed E-state index contributed by atoms with van der Waals surface area (Å²) in [7, 11) is 0. The third-order valence-corrected chi connectivity index (χ3v) is 11.3. The Bertz CT molecular complexity index is 3030. The molecule has 3 aromatic heterocycles. The summed E-state index contributed by atoms with van der Waals surface area (Å²) in [6.45, 7) is 4.69. The highest BCUT2D eigenvalue weighted by Crippen LogP contribution is 2.51. The van der Waals surface area contributed by atoms with Crippen molar-refractivity contribution in [2.45, 2.75) is 32.1 Å². The maximum absolute atomic E-state index is 6.70. The monoisotopic (exact) mass is 682 g/mol. The number of para-hydroxylation sites is 2. The zero-order valence-electron chi connectivity index (χ0n) is 29.5. The van der Waals surface area contributed by atoms with E-state index in [1.807, 2.05) is 30.3 Å². The van der Waals surface area contributed by atoms with Gasteiger partial charge in [0.25, 0.3) is 0 Å². The fourth-order valence-electron chi connectivity index (χ4n) is 8.66. The third-order valence-electron chi connectivity index (χ3n) is 11.3. The molecule has 9 aromatic rings. The van der Waals surface area contributed by atoms with Crippen molar-refractivity contribution in [1.82, 2.24) is 19.5 Å². The van der Waals surface area contributed by atoms with Gasteiger partial charge in [-0.05, 0) is 77.6 Å². The second kappa shape index (κ2) is 11.2. The summed E-state index contributed by atoms with van der Waals surface area (Å²) in [6.07, 6.45) is 8.50. The number of fused-ring (bicyclic) bond motifs is 9. The zero-order chi connectivity index (χ0) is 35.3. The molecule has 0 amide bonds. The third kappa shape index (κ3) is 4.47.